The van der Waals surface area contributed by atoms with Crippen molar-refractivity contribution in [1.29, 1.82) is 0 Å². The number of halogens is 1. The van der Waals surface area contributed by atoms with Gasteiger partial charge in [-0.25, -0.2) is 0 Å². The average Bonchev–Trinajstić information content (AvgIpc) is 2.79. The Morgan fingerprint density at radius 3 is 2.12 bits per heavy atom. The maximum Gasteiger partial charge on any atom is 0.232 e. The van der Waals surface area contributed by atoms with Crippen LogP contribution in [0.5, 0.6) is 0 Å². The third-order valence-electron chi connectivity index (χ3n) is 5.06. The van der Waals surface area contributed by atoms with Gasteiger partial charge in [0.15, 0.2) is 5.78 Å². The minimum atomic E-state index is -0.298. The summed E-state index contributed by atoms with van der Waals surface area (Å²) in [6.45, 7) is 4.03. The summed E-state index contributed by atoms with van der Waals surface area (Å²) in [5.41, 5.74) is 3.20. The van der Waals surface area contributed by atoms with Crippen molar-refractivity contribution in [2.45, 2.75) is 19.8 Å². The molecule has 0 aliphatic carbocycles. The van der Waals surface area contributed by atoms with Crippen LogP contribution in [0.3, 0.4) is 0 Å². The number of hydrogen-bond donors (Lipinski definition) is 1. The van der Waals surface area contributed by atoms with E-state index in [0.717, 1.165) is 11.1 Å². The molecule has 1 N–H and O–H groups in total. The van der Waals surface area contributed by atoms with Gasteiger partial charge in [-0.1, -0.05) is 86.1 Å². The lowest BCUT2D eigenvalue weighted by Crippen LogP contribution is -2.25. The van der Waals surface area contributed by atoms with Crippen molar-refractivity contribution >= 4 is 35.1 Å². The van der Waals surface area contributed by atoms with E-state index in [1.165, 1.54) is 6.08 Å². The molecule has 3 rings (SSSR count). The van der Waals surface area contributed by atoms with Crippen molar-refractivity contribution in [2.24, 2.45) is 5.92 Å². The molecule has 0 saturated heterocycles. The molecule has 0 saturated carbocycles. The highest BCUT2D eigenvalue weighted by Gasteiger charge is 2.24. The molecular formula is C28H26ClNO2. The van der Waals surface area contributed by atoms with Gasteiger partial charge in [-0.2, -0.15) is 0 Å². The number of benzene rings is 3. The molecule has 32 heavy (non-hydrogen) atoms. The molecule has 0 aliphatic heterocycles. The summed E-state index contributed by atoms with van der Waals surface area (Å²) in [6, 6.07) is 24.2. The van der Waals surface area contributed by atoms with Crippen molar-refractivity contribution in [3.8, 4) is 0 Å². The molecule has 1 amide bonds. The summed E-state index contributed by atoms with van der Waals surface area (Å²) in [6.07, 6.45) is 7.03. The quantitative estimate of drug-likeness (QED) is 0.228. The first-order valence-corrected chi connectivity index (χ1v) is 10.9. The lowest BCUT2D eigenvalue weighted by Gasteiger charge is -2.21. The van der Waals surface area contributed by atoms with Crippen molar-refractivity contribution in [1.82, 2.24) is 0 Å². The van der Waals surface area contributed by atoms with E-state index in [4.69, 9.17) is 11.6 Å². The molecule has 3 aromatic carbocycles. The van der Waals surface area contributed by atoms with Crippen LogP contribution >= 0.6 is 11.6 Å². The fourth-order valence-corrected chi connectivity index (χ4v) is 3.54. The number of carbonyl (C=O) groups excluding carboxylic acids is 2. The van der Waals surface area contributed by atoms with Crippen molar-refractivity contribution < 1.29 is 9.59 Å². The first-order chi connectivity index (χ1) is 15.4. The summed E-state index contributed by atoms with van der Waals surface area (Å²) in [7, 11) is 0. The predicted octanol–water partition coefficient (Wildman–Crippen LogP) is 7.17. The molecule has 0 fully saturated rings. The number of carbonyl (C=O) groups is 2. The number of allylic oxidation sites excluding steroid dienone is 3. The number of hydrogen-bond acceptors (Lipinski definition) is 2. The monoisotopic (exact) mass is 443 g/mol. The molecule has 4 heteroatoms. The Morgan fingerprint density at radius 2 is 1.50 bits per heavy atom. The number of anilines is 1. The van der Waals surface area contributed by atoms with E-state index >= 15 is 0 Å². The zero-order valence-electron chi connectivity index (χ0n) is 18.2. The molecular weight excluding hydrogens is 418 g/mol. The van der Waals surface area contributed by atoms with Gasteiger partial charge < -0.3 is 5.32 Å². The van der Waals surface area contributed by atoms with E-state index in [2.05, 4.69) is 5.32 Å². The van der Waals surface area contributed by atoms with Gasteiger partial charge in [0.2, 0.25) is 5.91 Å². The Morgan fingerprint density at radius 1 is 0.844 bits per heavy atom. The predicted molar refractivity (Wildman–Crippen MR) is 133 cm³/mol. The lowest BCUT2D eigenvalue weighted by atomic mass is 9.87. The standard InChI is InChI=1S/C28H26ClNO2/c1-20(2)27(23-12-16-24(29)17-13-23)28(32)30-25-18-14-22(15-19-25)26(31)11-7-6-10-21-8-4-3-5-9-21/h3-20,27H,1-2H3,(H,30,32)/b10-6+,11-7-. The minimum absolute atomic E-state index is 0.0904. The first kappa shape index (κ1) is 23.2. The first-order valence-electron chi connectivity index (χ1n) is 10.5. The maximum atomic E-state index is 12.9. The second-order valence-corrected chi connectivity index (χ2v) is 8.27. The molecule has 0 aromatic heterocycles. The summed E-state index contributed by atoms with van der Waals surface area (Å²) in [5.74, 6) is -0.367. The van der Waals surface area contributed by atoms with Crippen LogP contribution in [-0.2, 0) is 4.79 Å². The maximum absolute atomic E-state index is 12.9. The van der Waals surface area contributed by atoms with Gasteiger partial charge in [-0.05, 0) is 59.5 Å². The third-order valence-corrected chi connectivity index (χ3v) is 5.31. The van der Waals surface area contributed by atoms with Gasteiger partial charge in [0.1, 0.15) is 0 Å². The molecule has 1 unspecified atom stereocenters. The molecule has 3 aromatic rings. The van der Waals surface area contributed by atoms with E-state index in [0.29, 0.717) is 16.3 Å². The fraction of sp³-hybridized carbons (Fsp3) is 0.143. The van der Waals surface area contributed by atoms with Gasteiger partial charge in [-0.15, -0.1) is 0 Å². The zero-order chi connectivity index (χ0) is 22.9. The Hall–Kier alpha value is -3.43. The van der Waals surface area contributed by atoms with E-state index in [1.807, 2.05) is 68.5 Å². The molecule has 1 atom stereocenters. The Kier molecular flexibility index (Phi) is 8.18. The summed E-state index contributed by atoms with van der Waals surface area (Å²) >= 11 is 5.98. The smallest absolute Gasteiger partial charge is 0.232 e. The van der Waals surface area contributed by atoms with E-state index in [9.17, 15) is 9.59 Å². The van der Waals surface area contributed by atoms with Gasteiger partial charge in [0.05, 0.1) is 5.92 Å². The number of rotatable bonds is 8. The van der Waals surface area contributed by atoms with E-state index in [1.54, 1.807) is 42.5 Å². The number of nitrogens with one attached hydrogen (secondary N) is 1. The van der Waals surface area contributed by atoms with Crippen LogP contribution in [0.1, 0.15) is 41.3 Å². The molecule has 0 bridgehead atoms. The van der Waals surface area contributed by atoms with Gasteiger partial charge in [-0.3, -0.25) is 9.59 Å². The van der Waals surface area contributed by atoms with Crippen LogP contribution in [0, 0.1) is 5.92 Å². The van der Waals surface area contributed by atoms with Gasteiger partial charge in [0.25, 0.3) is 0 Å². The van der Waals surface area contributed by atoms with Crippen molar-refractivity contribution in [3.63, 3.8) is 0 Å². The molecule has 0 radical (unpaired) electrons. The highest BCUT2D eigenvalue weighted by molar-refractivity contribution is 6.30. The molecule has 162 valence electrons. The molecule has 3 nitrogen and oxygen atoms in total. The van der Waals surface area contributed by atoms with Crippen LogP contribution in [0.25, 0.3) is 6.08 Å². The van der Waals surface area contributed by atoms with Gasteiger partial charge >= 0.3 is 0 Å². The fourth-order valence-electron chi connectivity index (χ4n) is 3.42. The topological polar surface area (TPSA) is 46.2 Å². The minimum Gasteiger partial charge on any atom is -0.326 e. The normalized spacial score (nSPS) is 12.4. The third kappa shape index (κ3) is 6.53. The van der Waals surface area contributed by atoms with E-state index in [-0.39, 0.29) is 23.5 Å². The molecule has 0 spiro atoms. The van der Waals surface area contributed by atoms with Crippen LogP contribution in [0.15, 0.2) is 97.1 Å². The SMILES string of the molecule is CC(C)C(C(=O)Nc1ccc(C(=O)/C=C\C=C\c2ccccc2)cc1)c1ccc(Cl)cc1. The largest absolute Gasteiger partial charge is 0.326 e. The Bertz CT molecular complexity index is 1100. The van der Waals surface area contributed by atoms with Crippen molar-refractivity contribution in [2.75, 3.05) is 5.32 Å². The number of amides is 1. The van der Waals surface area contributed by atoms with Crippen LogP contribution in [-0.4, -0.2) is 11.7 Å². The number of ketones is 1. The van der Waals surface area contributed by atoms with E-state index < -0.39 is 0 Å². The Balaban J connectivity index is 1.62. The summed E-state index contributed by atoms with van der Waals surface area (Å²) < 4.78 is 0. The highest BCUT2D eigenvalue weighted by atomic mass is 35.5. The lowest BCUT2D eigenvalue weighted by molar-refractivity contribution is -0.118. The van der Waals surface area contributed by atoms with Gasteiger partial charge in [0, 0.05) is 16.3 Å². The summed E-state index contributed by atoms with van der Waals surface area (Å²) in [5, 5.41) is 3.60. The Labute approximate surface area is 194 Å². The van der Waals surface area contributed by atoms with Crippen LogP contribution < -0.4 is 5.32 Å². The molecule has 0 heterocycles. The summed E-state index contributed by atoms with van der Waals surface area (Å²) in [4.78, 5) is 25.3. The average molecular weight is 444 g/mol. The van der Waals surface area contributed by atoms with Crippen LogP contribution in [0.4, 0.5) is 5.69 Å². The second kappa shape index (κ2) is 11.3. The second-order valence-electron chi connectivity index (χ2n) is 7.83. The zero-order valence-corrected chi connectivity index (χ0v) is 18.9. The highest BCUT2D eigenvalue weighted by Crippen LogP contribution is 2.27. The van der Waals surface area contributed by atoms with Crippen molar-refractivity contribution in [3.05, 3.63) is 119 Å². The molecule has 0 aliphatic rings. The van der Waals surface area contributed by atoms with Crippen LogP contribution in [0.2, 0.25) is 5.02 Å².